The van der Waals surface area contributed by atoms with Crippen LogP contribution in [0.1, 0.15) is 12.0 Å². The summed E-state index contributed by atoms with van der Waals surface area (Å²) in [5.41, 5.74) is -1.67. The highest BCUT2D eigenvalue weighted by molar-refractivity contribution is 7.89. The van der Waals surface area contributed by atoms with Gasteiger partial charge in [-0.2, -0.15) is 13.2 Å². The van der Waals surface area contributed by atoms with Crippen molar-refractivity contribution in [2.45, 2.75) is 24.0 Å². The van der Waals surface area contributed by atoms with E-state index in [1.807, 2.05) is 18.2 Å². The average Bonchev–Trinajstić information content (AvgIpc) is 3.17. The number of benzene rings is 2. The zero-order chi connectivity index (χ0) is 23.4. The molecule has 0 spiro atoms. The summed E-state index contributed by atoms with van der Waals surface area (Å²) in [7, 11) is -3.90. The Bertz CT molecular complexity index is 1050. The normalized spacial score (nSPS) is 19.8. The molecule has 1 amide bonds. The number of sulfonamides is 1. The van der Waals surface area contributed by atoms with Gasteiger partial charge in [-0.05, 0) is 36.7 Å². The zero-order valence-corrected chi connectivity index (χ0v) is 18.6. The maximum Gasteiger partial charge on any atom is 0.404 e. The van der Waals surface area contributed by atoms with Crippen molar-refractivity contribution in [2.75, 3.05) is 26.2 Å². The lowest BCUT2D eigenvalue weighted by Gasteiger charge is -2.30. The molecular weight excluding hydrogens is 467 g/mol. The second-order valence-electron chi connectivity index (χ2n) is 7.64. The molecule has 0 aliphatic carbocycles. The highest BCUT2D eigenvalue weighted by Crippen LogP contribution is 2.46. The average molecular weight is 490 g/mol. The van der Waals surface area contributed by atoms with Crippen molar-refractivity contribution in [1.82, 2.24) is 14.9 Å². The van der Waals surface area contributed by atoms with Gasteiger partial charge in [0.25, 0.3) is 0 Å². The first-order valence-electron chi connectivity index (χ1n) is 9.90. The Morgan fingerprint density at radius 1 is 1.09 bits per heavy atom. The summed E-state index contributed by atoms with van der Waals surface area (Å²) < 4.78 is 68.5. The van der Waals surface area contributed by atoms with Crippen LogP contribution in [0.4, 0.5) is 13.2 Å². The smallest absolute Gasteiger partial charge is 0.354 e. The molecule has 6 nitrogen and oxygen atoms in total. The summed E-state index contributed by atoms with van der Waals surface area (Å²) in [6.07, 6.45) is -5.09. The molecule has 32 heavy (non-hydrogen) atoms. The van der Waals surface area contributed by atoms with Crippen LogP contribution in [0, 0.1) is 5.41 Å². The van der Waals surface area contributed by atoms with Crippen LogP contribution in [0.3, 0.4) is 0 Å². The molecule has 1 aliphatic rings. The Balaban J connectivity index is 1.59. The molecule has 1 unspecified atom stereocenters. The number of hydrogen-bond acceptors (Lipinski definition) is 4. The maximum absolute atomic E-state index is 13.9. The SMILES string of the molecule is O=C(NCCNS(=O)(=O)c1cccc(Cl)c1)C1(C(F)(F)F)CCN(Cc2ccccc2)C1. The van der Waals surface area contributed by atoms with Crippen molar-refractivity contribution < 1.29 is 26.4 Å². The van der Waals surface area contributed by atoms with E-state index in [2.05, 4.69) is 10.0 Å². The number of carbonyl (C=O) groups excluding carboxylic acids is 1. The van der Waals surface area contributed by atoms with Crippen LogP contribution in [0.25, 0.3) is 0 Å². The van der Waals surface area contributed by atoms with Gasteiger partial charge in [-0.3, -0.25) is 9.69 Å². The van der Waals surface area contributed by atoms with Crippen molar-refractivity contribution in [3.63, 3.8) is 0 Å². The Hall–Kier alpha value is -2.14. The molecule has 3 rings (SSSR count). The Morgan fingerprint density at radius 2 is 1.81 bits per heavy atom. The van der Waals surface area contributed by atoms with Crippen molar-refractivity contribution in [2.24, 2.45) is 5.41 Å². The topological polar surface area (TPSA) is 78.5 Å². The molecular formula is C21H23ClF3N3O3S. The van der Waals surface area contributed by atoms with E-state index in [4.69, 9.17) is 11.6 Å². The van der Waals surface area contributed by atoms with Gasteiger partial charge in [-0.25, -0.2) is 13.1 Å². The molecule has 2 aromatic rings. The molecule has 2 N–H and O–H groups in total. The van der Waals surface area contributed by atoms with Crippen molar-refractivity contribution >= 4 is 27.5 Å². The number of alkyl halides is 3. The molecule has 0 radical (unpaired) electrons. The van der Waals surface area contributed by atoms with Gasteiger partial charge in [0.05, 0.1) is 4.90 Å². The van der Waals surface area contributed by atoms with E-state index >= 15 is 0 Å². The number of nitrogens with one attached hydrogen (secondary N) is 2. The van der Waals surface area contributed by atoms with Crippen LogP contribution in [-0.2, 0) is 21.4 Å². The molecule has 0 bridgehead atoms. The van der Waals surface area contributed by atoms with Crippen LogP contribution in [0.15, 0.2) is 59.5 Å². The lowest BCUT2D eigenvalue weighted by molar-refractivity contribution is -0.218. The Labute approximate surface area is 189 Å². The van der Waals surface area contributed by atoms with Crippen LogP contribution < -0.4 is 10.0 Å². The second-order valence-corrected chi connectivity index (χ2v) is 9.84. The zero-order valence-electron chi connectivity index (χ0n) is 17.0. The fraction of sp³-hybridized carbons (Fsp3) is 0.381. The quantitative estimate of drug-likeness (QED) is 0.558. The lowest BCUT2D eigenvalue weighted by Crippen LogP contribution is -2.53. The summed E-state index contributed by atoms with van der Waals surface area (Å²) in [5, 5.41) is 2.48. The van der Waals surface area contributed by atoms with Crippen LogP contribution >= 0.6 is 11.6 Å². The fourth-order valence-electron chi connectivity index (χ4n) is 3.66. The predicted molar refractivity (Wildman–Crippen MR) is 114 cm³/mol. The number of carbonyl (C=O) groups is 1. The monoisotopic (exact) mass is 489 g/mol. The Kier molecular flexibility index (Phi) is 7.49. The molecule has 1 heterocycles. The number of nitrogens with zero attached hydrogens (tertiary/aromatic N) is 1. The van der Waals surface area contributed by atoms with E-state index in [1.54, 1.807) is 17.0 Å². The van der Waals surface area contributed by atoms with Crippen LogP contribution in [0.5, 0.6) is 0 Å². The second kappa shape index (κ2) is 9.78. The number of likely N-dealkylation sites (tertiary alicyclic amines) is 1. The molecule has 1 saturated heterocycles. The molecule has 1 aliphatic heterocycles. The molecule has 11 heteroatoms. The molecule has 1 atom stereocenters. The standard InChI is InChI=1S/C21H23ClF3N3O3S/c22-17-7-4-8-18(13-17)32(30,31)27-11-10-26-19(29)20(21(23,24)25)9-12-28(15-20)14-16-5-2-1-3-6-16/h1-8,13,27H,9-12,14-15H2,(H,26,29). The minimum absolute atomic E-state index is 0.0737. The predicted octanol–water partition coefficient (Wildman–Crippen LogP) is 3.19. The third-order valence-corrected chi connectivity index (χ3v) is 7.08. The van der Waals surface area contributed by atoms with E-state index in [1.165, 1.54) is 24.3 Å². The first kappa shape index (κ1) is 24.5. The molecule has 174 valence electrons. The molecule has 0 aromatic heterocycles. The third-order valence-electron chi connectivity index (χ3n) is 5.38. The first-order chi connectivity index (χ1) is 15.0. The van der Waals surface area contributed by atoms with E-state index in [-0.39, 0.29) is 36.0 Å². The van der Waals surface area contributed by atoms with Gasteiger partial charge in [0.15, 0.2) is 5.41 Å². The van der Waals surface area contributed by atoms with Crippen LogP contribution in [0.2, 0.25) is 5.02 Å². The van der Waals surface area contributed by atoms with E-state index < -0.39 is 34.1 Å². The minimum atomic E-state index is -4.73. The summed E-state index contributed by atoms with van der Waals surface area (Å²) >= 11 is 5.79. The van der Waals surface area contributed by atoms with Crippen LogP contribution in [-0.4, -0.2) is 51.6 Å². The summed E-state index contributed by atoms with van der Waals surface area (Å²) in [6.45, 7) is -0.558. The largest absolute Gasteiger partial charge is 0.404 e. The summed E-state index contributed by atoms with van der Waals surface area (Å²) in [4.78, 5) is 14.1. The van der Waals surface area contributed by atoms with Gasteiger partial charge in [0, 0.05) is 31.2 Å². The highest BCUT2D eigenvalue weighted by atomic mass is 35.5. The van der Waals surface area contributed by atoms with E-state index in [9.17, 15) is 26.4 Å². The number of rotatable bonds is 8. The van der Waals surface area contributed by atoms with Crippen molar-refractivity contribution in [3.8, 4) is 0 Å². The van der Waals surface area contributed by atoms with Crippen molar-refractivity contribution in [1.29, 1.82) is 0 Å². The van der Waals surface area contributed by atoms with Crippen molar-refractivity contribution in [3.05, 3.63) is 65.2 Å². The van der Waals surface area contributed by atoms with Gasteiger partial charge < -0.3 is 5.32 Å². The first-order valence-corrected chi connectivity index (χ1v) is 11.8. The van der Waals surface area contributed by atoms with Gasteiger partial charge >= 0.3 is 6.18 Å². The third kappa shape index (κ3) is 5.61. The summed E-state index contributed by atoms with van der Waals surface area (Å²) in [6, 6.07) is 14.6. The molecule has 2 aromatic carbocycles. The van der Waals surface area contributed by atoms with E-state index in [0.29, 0.717) is 6.54 Å². The minimum Gasteiger partial charge on any atom is -0.354 e. The number of halogens is 4. The van der Waals surface area contributed by atoms with Gasteiger partial charge in [-0.15, -0.1) is 0 Å². The fourth-order valence-corrected chi connectivity index (χ4v) is 4.99. The van der Waals surface area contributed by atoms with Gasteiger partial charge in [-0.1, -0.05) is 48.0 Å². The number of hydrogen-bond donors (Lipinski definition) is 2. The number of amides is 1. The molecule has 0 saturated carbocycles. The highest BCUT2D eigenvalue weighted by Gasteiger charge is 2.62. The van der Waals surface area contributed by atoms with E-state index in [0.717, 1.165) is 5.56 Å². The molecule has 1 fully saturated rings. The van der Waals surface area contributed by atoms with Gasteiger partial charge in [0.1, 0.15) is 0 Å². The lowest BCUT2D eigenvalue weighted by atomic mass is 9.85. The van der Waals surface area contributed by atoms with Gasteiger partial charge in [0.2, 0.25) is 15.9 Å². The Morgan fingerprint density at radius 3 is 2.47 bits per heavy atom. The summed E-state index contributed by atoms with van der Waals surface area (Å²) in [5.74, 6) is -1.15. The maximum atomic E-state index is 13.9.